The molecular weight excluding hydrogens is 338 g/mol. The maximum absolute atomic E-state index is 7.13. The molecule has 26 heavy (non-hydrogen) atoms. The number of hydrogen-bond acceptors (Lipinski definition) is 3. The topological polar surface area (TPSA) is 30.5 Å². The SMILES string of the molecule is COC[C@H]1C[C@@H](O[Si](c2ccccc2)(c2ccccc2)C(C)(C)C)CN1. The first kappa shape index (κ1) is 19.3. The fourth-order valence-corrected chi connectivity index (χ4v) is 8.84. The minimum Gasteiger partial charge on any atom is -0.403 e. The van der Waals surface area contributed by atoms with Crippen molar-refractivity contribution in [3.8, 4) is 0 Å². The summed E-state index contributed by atoms with van der Waals surface area (Å²) in [5.41, 5.74) is 0. The van der Waals surface area contributed by atoms with E-state index in [1.807, 2.05) is 0 Å². The molecule has 0 spiro atoms. The van der Waals surface area contributed by atoms with Gasteiger partial charge in [0.15, 0.2) is 0 Å². The molecule has 0 aromatic heterocycles. The predicted molar refractivity (Wildman–Crippen MR) is 111 cm³/mol. The molecule has 0 aliphatic carbocycles. The van der Waals surface area contributed by atoms with E-state index in [9.17, 15) is 0 Å². The molecule has 2 aromatic carbocycles. The summed E-state index contributed by atoms with van der Waals surface area (Å²) >= 11 is 0. The van der Waals surface area contributed by atoms with E-state index >= 15 is 0 Å². The molecule has 1 saturated heterocycles. The number of methoxy groups -OCH3 is 1. The molecule has 1 aliphatic heterocycles. The first-order valence-corrected chi connectivity index (χ1v) is 11.4. The van der Waals surface area contributed by atoms with Gasteiger partial charge in [-0.15, -0.1) is 0 Å². The molecule has 3 rings (SSSR count). The lowest BCUT2D eigenvalue weighted by atomic mass is 10.2. The highest BCUT2D eigenvalue weighted by Crippen LogP contribution is 2.38. The molecule has 2 aromatic rings. The van der Waals surface area contributed by atoms with Crippen molar-refractivity contribution in [2.45, 2.75) is 44.4 Å². The van der Waals surface area contributed by atoms with Crippen LogP contribution in [0.3, 0.4) is 0 Å². The zero-order valence-electron chi connectivity index (χ0n) is 16.4. The molecule has 0 radical (unpaired) electrons. The van der Waals surface area contributed by atoms with Gasteiger partial charge in [0.1, 0.15) is 0 Å². The van der Waals surface area contributed by atoms with Crippen LogP contribution < -0.4 is 15.7 Å². The second-order valence-electron chi connectivity index (χ2n) is 8.20. The third-order valence-electron chi connectivity index (χ3n) is 5.31. The second kappa shape index (κ2) is 8.05. The highest BCUT2D eigenvalue weighted by Gasteiger charge is 2.51. The van der Waals surface area contributed by atoms with Crippen LogP contribution in [0.4, 0.5) is 0 Å². The number of nitrogens with one attached hydrogen (secondary N) is 1. The van der Waals surface area contributed by atoms with Crippen LogP contribution in [0.1, 0.15) is 27.2 Å². The van der Waals surface area contributed by atoms with Crippen LogP contribution in [0.25, 0.3) is 0 Å². The normalized spacial score (nSPS) is 21.1. The fraction of sp³-hybridized carbons (Fsp3) is 0.455. The van der Waals surface area contributed by atoms with Gasteiger partial charge in [0.2, 0.25) is 0 Å². The van der Waals surface area contributed by atoms with Crippen molar-refractivity contribution in [3.63, 3.8) is 0 Å². The van der Waals surface area contributed by atoms with Crippen molar-refractivity contribution in [1.82, 2.24) is 5.32 Å². The number of benzene rings is 2. The second-order valence-corrected chi connectivity index (χ2v) is 12.5. The van der Waals surface area contributed by atoms with Gasteiger partial charge >= 0.3 is 0 Å². The molecule has 2 atom stereocenters. The molecule has 0 saturated carbocycles. The van der Waals surface area contributed by atoms with Gasteiger partial charge in [0, 0.05) is 19.7 Å². The Bertz CT molecular complexity index is 645. The van der Waals surface area contributed by atoms with Gasteiger partial charge in [0.25, 0.3) is 8.32 Å². The molecule has 0 unspecified atom stereocenters. The van der Waals surface area contributed by atoms with E-state index in [0.29, 0.717) is 6.04 Å². The molecule has 1 heterocycles. The summed E-state index contributed by atoms with van der Waals surface area (Å²) in [6.45, 7) is 8.61. The van der Waals surface area contributed by atoms with Crippen molar-refractivity contribution >= 4 is 18.7 Å². The quantitative estimate of drug-likeness (QED) is 0.794. The van der Waals surface area contributed by atoms with E-state index < -0.39 is 8.32 Å². The van der Waals surface area contributed by atoms with Crippen LogP contribution in [0, 0.1) is 0 Å². The average Bonchev–Trinajstić information content (AvgIpc) is 3.07. The first-order valence-electron chi connectivity index (χ1n) is 9.48. The number of rotatable bonds is 6. The smallest absolute Gasteiger partial charge is 0.261 e. The third kappa shape index (κ3) is 3.79. The molecule has 1 N–H and O–H groups in total. The summed E-state index contributed by atoms with van der Waals surface area (Å²) in [6, 6.07) is 22.1. The third-order valence-corrected chi connectivity index (χ3v) is 10.4. The maximum Gasteiger partial charge on any atom is 0.261 e. The molecule has 140 valence electrons. The Labute approximate surface area is 158 Å². The van der Waals surface area contributed by atoms with Gasteiger partial charge in [-0.05, 0) is 21.8 Å². The lowest BCUT2D eigenvalue weighted by molar-refractivity contribution is 0.161. The van der Waals surface area contributed by atoms with Crippen LogP contribution in [-0.2, 0) is 9.16 Å². The van der Waals surface area contributed by atoms with Crippen LogP contribution in [0.5, 0.6) is 0 Å². The largest absolute Gasteiger partial charge is 0.403 e. The van der Waals surface area contributed by atoms with Crippen LogP contribution in [0.2, 0.25) is 5.04 Å². The molecule has 0 bridgehead atoms. The first-order chi connectivity index (χ1) is 12.5. The van der Waals surface area contributed by atoms with Crippen molar-refractivity contribution in [1.29, 1.82) is 0 Å². The van der Waals surface area contributed by atoms with Crippen molar-refractivity contribution in [2.75, 3.05) is 20.3 Å². The highest BCUT2D eigenvalue weighted by molar-refractivity contribution is 6.99. The average molecular weight is 370 g/mol. The summed E-state index contributed by atoms with van der Waals surface area (Å²) in [5, 5.41) is 6.26. The Morgan fingerprint density at radius 2 is 1.50 bits per heavy atom. The number of ether oxygens (including phenoxy) is 1. The van der Waals surface area contributed by atoms with Gasteiger partial charge in [-0.3, -0.25) is 0 Å². The fourth-order valence-electron chi connectivity index (χ4n) is 4.14. The molecule has 3 nitrogen and oxygen atoms in total. The van der Waals surface area contributed by atoms with Gasteiger partial charge in [-0.2, -0.15) is 0 Å². The Morgan fingerprint density at radius 3 is 1.96 bits per heavy atom. The van der Waals surface area contributed by atoms with E-state index in [2.05, 4.69) is 86.8 Å². The standard InChI is InChI=1S/C22H31NO2Si/c1-22(2,3)26(20-11-7-5-8-12-20,21-13-9-6-10-14-21)25-19-15-18(17-24-4)23-16-19/h5-14,18-19,23H,15-17H2,1-4H3/t18-,19-/m1/s1. The molecule has 0 amide bonds. The van der Waals surface area contributed by atoms with Gasteiger partial charge in [0.05, 0.1) is 12.7 Å². The molecule has 1 fully saturated rings. The van der Waals surface area contributed by atoms with Gasteiger partial charge < -0.3 is 14.5 Å². The monoisotopic (exact) mass is 369 g/mol. The van der Waals surface area contributed by atoms with Crippen molar-refractivity contribution in [2.24, 2.45) is 0 Å². The van der Waals surface area contributed by atoms with E-state index in [1.54, 1.807) is 7.11 Å². The van der Waals surface area contributed by atoms with E-state index in [0.717, 1.165) is 19.6 Å². The van der Waals surface area contributed by atoms with Crippen LogP contribution in [-0.4, -0.2) is 40.7 Å². The Kier molecular flexibility index (Phi) is 5.98. The predicted octanol–water partition coefficient (Wildman–Crippen LogP) is 2.94. The Hall–Kier alpha value is -1.46. The van der Waals surface area contributed by atoms with E-state index in [-0.39, 0.29) is 11.1 Å². The van der Waals surface area contributed by atoms with Crippen molar-refractivity contribution in [3.05, 3.63) is 60.7 Å². The summed E-state index contributed by atoms with van der Waals surface area (Å²) in [6.07, 6.45) is 1.21. The Balaban J connectivity index is 2.04. The molecular formula is C22H31NO2Si. The zero-order valence-corrected chi connectivity index (χ0v) is 17.4. The Morgan fingerprint density at radius 1 is 0.962 bits per heavy atom. The minimum atomic E-state index is -2.45. The summed E-state index contributed by atoms with van der Waals surface area (Å²) in [7, 11) is -0.686. The van der Waals surface area contributed by atoms with Gasteiger partial charge in [-0.1, -0.05) is 81.4 Å². The lowest BCUT2D eigenvalue weighted by Crippen LogP contribution is -2.67. The minimum absolute atomic E-state index is 0.0229. The summed E-state index contributed by atoms with van der Waals surface area (Å²) in [5.74, 6) is 0. The van der Waals surface area contributed by atoms with Crippen molar-refractivity contribution < 1.29 is 9.16 Å². The maximum atomic E-state index is 7.13. The molecule has 4 heteroatoms. The highest BCUT2D eigenvalue weighted by atomic mass is 28.4. The zero-order chi connectivity index (χ0) is 18.6. The summed E-state index contributed by atoms with van der Waals surface area (Å²) in [4.78, 5) is 0. The molecule has 1 aliphatic rings. The lowest BCUT2D eigenvalue weighted by Gasteiger charge is -2.44. The van der Waals surface area contributed by atoms with E-state index in [4.69, 9.17) is 9.16 Å². The van der Waals surface area contributed by atoms with Gasteiger partial charge in [-0.25, -0.2) is 0 Å². The van der Waals surface area contributed by atoms with Crippen LogP contribution in [0.15, 0.2) is 60.7 Å². The number of hydrogen-bond donors (Lipinski definition) is 1. The summed E-state index contributed by atoms with van der Waals surface area (Å²) < 4.78 is 12.5. The van der Waals surface area contributed by atoms with Crippen LogP contribution >= 0.6 is 0 Å². The van der Waals surface area contributed by atoms with E-state index in [1.165, 1.54) is 10.4 Å².